The zero-order valence-electron chi connectivity index (χ0n) is 11.0. The van der Waals surface area contributed by atoms with Gasteiger partial charge in [0, 0.05) is 5.69 Å². The second-order valence-electron chi connectivity index (χ2n) is 5.30. The molecular weight excluding hydrogens is 214 g/mol. The Labute approximate surface area is 102 Å². The van der Waals surface area contributed by atoms with Gasteiger partial charge in [-0.15, -0.1) is 0 Å². The molecule has 0 spiro atoms. The lowest BCUT2D eigenvalue weighted by molar-refractivity contribution is 0.0239. The molecule has 0 aliphatic heterocycles. The average Bonchev–Trinajstić information content (AvgIpc) is 2.14. The maximum Gasteiger partial charge on any atom is 0.128 e. The third-order valence-corrected chi connectivity index (χ3v) is 3.05. The predicted octanol–water partition coefficient (Wildman–Crippen LogP) is 2.22. The van der Waals surface area contributed by atoms with E-state index in [1.165, 1.54) is 0 Å². The molecule has 0 aromatic carbocycles. The van der Waals surface area contributed by atoms with Gasteiger partial charge in [0.2, 0.25) is 0 Å². The van der Waals surface area contributed by atoms with E-state index in [1.807, 2.05) is 20.8 Å². The minimum atomic E-state index is -0.898. The Bertz CT molecular complexity index is 453. The molecule has 0 saturated heterocycles. The first-order valence-electron chi connectivity index (χ1n) is 5.55. The molecule has 1 aromatic rings. The Morgan fingerprint density at radius 2 is 1.88 bits per heavy atom. The van der Waals surface area contributed by atoms with Crippen molar-refractivity contribution >= 4 is 5.82 Å². The first-order chi connectivity index (χ1) is 7.65. The van der Waals surface area contributed by atoms with Crippen LogP contribution in [0.4, 0.5) is 5.82 Å². The quantitative estimate of drug-likeness (QED) is 0.840. The molecule has 2 N–H and O–H groups in total. The molecule has 1 rings (SSSR count). The summed E-state index contributed by atoms with van der Waals surface area (Å²) in [7, 11) is 0. The topological polar surface area (TPSA) is 68.9 Å². The highest BCUT2D eigenvalue weighted by molar-refractivity contribution is 5.46. The number of aromatic nitrogens is 1. The van der Waals surface area contributed by atoms with Crippen LogP contribution in [0.3, 0.4) is 0 Å². The van der Waals surface area contributed by atoms with Gasteiger partial charge in [0.1, 0.15) is 5.82 Å². The predicted molar refractivity (Wildman–Crippen MR) is 67.7 cm³/mol. The molecule has 0 bridgehead atoms. The number of pyridine rings is 1. The van der Waals surface area contributed by atoms with E-state index in [-0.39, 0.29) is 0 Å². The van der Waals surface area contributed by atoms with Crippen LogP contribution in [0.5, 0.6) is 0 Å². The lowest BCUT2D eigenvalue weighted by Gasteiger charge is -2.38. The standard InChI is InChI=1S/C13H19N3O/c1-9-6-10(8-14)7-11(15-9)16-12(2,3)13(4,5)17/h6-7,17H,1-5H3,(H,15,16). The number of hydrogen-bond acceptors (Lipinski definition) is 4. The highest BCUT2D eigenvalue weighted by Gasteiger charge is 2.35. The van der Waals surface area contributed by atoms with Crippen LogP contribution in [-0.2, 0) is 0 Å². The summed E-state index contributed by atoms with van der Waals surface area (Å²) >= 11 is 0. The highest BCUT2D eigenvalue weighted by atomic mass is 16.3. The van der Waals surface area contributed by atoms with Gasteiger partial charge in [-0.3, -0.25) is 0 Å². The monoisotopic (exact) mass is 233 g/mol. The number of nitriles is 1. The van der Waals surface area contributed by atoms with E-state index in [4.69, 9.17) is 5.26 Å². The van der Waals surface area contributed by atoms with E-state index in [1.54, 1.807) is 26.0 Å². The summed E-state index contributed by atoms with van der Waals surface area (Å²) in [4.78, 5) is 4.31. The number of anilines is 1. The molecular formula is C13H19N3O. The summed E-state index contributed by atoms with van der Waals surface area (Å²) in [5.41, 5.74) is -0.101. The van der Waals surface area contributed by atoms with Crippen molar-refractivity contribution in [3.8, 4) is 6.07 Å². The van der Waals surface area contributed by atoms with Crippen LogP contribution >= 0.6 is 0 Å². The second-order valence-corrected chi connectivity index (χ2v) is 5.30. The smallest absolute Gasteiger partial charge is 0.128 e. The number of nitrogens with zero attached hydrogens (tertiary/aromatic N) is 2. The Morgan fingerprint density at radius 3 is 2.35 bits per heavy atom. The van der Waals surface area contributed by atoms with Crippen LogP contribution in [0.1, 0.15) is 39.0 Å². The van der Waals surface area contributed by atoms with Gasteiger partial charge in [-0.05, 0) is 46.8 Å². The molecule has 17 heavy (non-hydrogen) atoms. The molecule has 0 atom stereocenters. The van der Waals surface area contributed by atoms with Crippen molar-refractivity contribution in [2.45, 2.75) is 45.8 Å². The van der Waals surface area contributed by atoms with Gasteiger partial charge in [0.05, 0.1) is 22.8 Å². The number of nitrogens with one attached hydrogen (secondary N) is 1. The molecule has 0 amide bonds. The molecule has 0 saturated carbocycles. The highest BCUT2D eigenvalue weighted by Crippen LogP contribution is 2.25. The largest absolute Gasteiger partial charge is 0.388 e. The SMILES string of the molecule is Cc1cc(C#N)cc(NC(C)(C)C(C)(C)O)n1. The van der Waals surface area contributed by atoms with Gasteiger partial charge in [-0.2, -0.15) is 5.26 Å². The molecule has 0 radical (unpaired) electrons. The zero-order valence-corrected chi connectivity index (χ0v) is 11.0. The summed E-state index contributed by atoms with van der Waals surface area (Å²) in [6, 6.07) is 5.50. The van der Waals surface area contributed by atoms with Crippen molar-refractivity contribution in [1.29, 1.82) is 5.26 Å². The molecule has 1 heterocycles. The summed E-state index contributed by atoms with van der Waals surface area (Å²) in [6.07, 6.45) is 0. The minimum absolute atomic E-state index is 0.541. The van der Waals surface area contributed by atoms with Gasteiger partial charge in [-0.1, -0.05) is 0 Å². The normalized spacial score (nSPS) is 12.1. The van der Waals surface area contributed by atoms with Crippen LogP contribution < -0.4 is 5.32 Å². The summed E-state index contributed by atoms with van der Waals surface area (Å²) < 4.78 is 0. The lowest BCUT2D eigenvalue weighted by atomic mass is 9.86. The Hall–Kier alpha value is -1.60. The van der Waals surface area contributed by atoms with E-state index >= 15 is 0 Å². The van der Waals surface area contributed by atoms with Crippen LogP contribution in [0.15, 0.2) is 12.1 Å². The lowest BCUT2D eigenvalue weighted by Crippen LogP contribution is -2.51. The fourth-order valence-electron chi connectivity index (χ4n) is 1.27. The molecule has 92 valence electrons. The molecule has 0 fully saturated rings. The summed E-state index contributed by atoms with van der Waals surface area (Å²) in [5, 5.41) is 22.1. The van der Waals surface area contributed by atoms with Crippen molar-refractivity contribution in [3.05, 3.63) is 23.4 Å². The van der Waals surface area contributed by atoms with E-state index in [9.17, 15) is 5.11 Å². The number of aliphatic hydroxyl groups is 1. The van der Waals surface area contributed by atoms with Gasteiger partial charge in [0.15, 0.2) is 0 Å². The third-order valence-electron chi connectivity index (χ3n) is 3.05. The van der Waals surface area contributed by atoms with Crippen molar-refractivity contribution in [2.24, 2.45) is 0 Å². The van der Waals surface area contributed by atoms with Crippen molar-refractivity contribution in [2.75, 3.05) is 5.32 Å². The van der Waals surface area contributed by atoms with Crippen molar-refractivity contribution in [3.63, 3.8) is 0 Å². The van der Waals surface area contributed by atoms with Crippen LogP contribution in [-0.4, -0.2) is 21.2 Å². The maximum atomic E-state index is 10.0. The first kappa shape index (κ1) is 13.5. The number of aryl methyl sites for hydroxylation is 1. The summed E-state index contributed by atoms with van der Waals surface area (Å²) in [5.74, 6) is 0.605. The molecule has 4 heteroatoms. The van der Waals surface area contributed by atoms with Crippen LogP contribution in [0, 0.1) is 18.3 Å². The Kier molecular flexibility index (Phi) is 3.44. The fraction of sp³-hybridized carbons (Fsp3) is 0.538. The number of rotatable bonds is 3. The zero-order chi connectivity index (χ0) is 13.3. The summed E-state index contributed by atoms with van der Waals surface area (Å²) in [6.45, 7) is 9.09. The van der Waals surface area contributed by atoms with Gasteiger partial charge in [0.25, 0.3) is 0 Å². The molecule has 1 aromatic heterocycles. The van der Waals surface area contributed by atoms with Crippen molar-refractivity contribution < 1.29 is 5.11 Å². The minimum Gasteiger partial charge on any atom is -0.388 e. The van der Waals surface area contributed by atoms with Gasteiger partial charge >= 0.3 is 0 Å². The fourth-order valence-corrected chi connectivity index (χ4v) is 1.27. The molecule has 0 aliphatic rings. The average molecular weight is 233 g/mol. The molecule has 4 nitrogen and oxygen atoms in total. The van der Waals surface area contributed by atoms with Gasteiger partial charge < -0.3 is 10.4 Å². The van der Waals surface area contributed by atoms with E-state index < -0.39 is 11.1 Å². The van der Waals surface area contributed by atoms with Crippen LogP contribution in [0.2, 0.25) is 0 Å². The Balaban J connectivity index is 3.04. The van der Waals surface area contributed by atoms with E-state index in [2.05, 4.69) is 16.4 Å². The second kappa shape index (κ2) is 4.34. The first-order valence-corrected chi connectivity index (χ1v) is 5.55. The van der Waals surface area contributed by atoms with Crippen molar-refractivity contribution in [1.82, 2.24) is 4.98 Å². The van der Waals surface area contributed by atoms with E-state index in [0.717, 1.165) is 5.69 Å². The molecule has 0 aliphatic carbocycles. The number of hydrogen-bond donors (Lipinski definition) is 2. The maximum absolute atomic E-state index is 10.0. The Morgan fingerprint density at radius 1 is 1.29 bits per heavy atom. The van der Waals surface area contributed by atoms with Gasteiger partial charge in [-0.25, -0.2) is 4.98 Å². The van der Waals surface area contributed by atoms with E-state index in [0.29, 0.717) is 11.4 Å². The molecule has 0 unspecified atom stereocenters. The third kappa shape index (κ3) is 3.18. The van der Waals surface area contributed by atoms with Crippen LogP contribution in [0.25, 0.3) is 0 Å².